The van der Waals surface area contributed by atoms with E-state index < -0.39 is 16.8 Å². The van der Waals surface area contributed by atoms with Gasteiger partial charge in [-0.15, -0.1) is 4.31 Å². The number of hydrogen-bond donors (Lipinski definition) is 2. The predicted octanol–water partition coefficient (Wildman–Crippen LogP) is 4.45. The van der Waals surface area contributed by atoms with Crippen LogP contribution in [0.2, 0.25) is 0 Å². The Morgan fingerprint density at radius 3 is 2.73 bits per heavy atom. The first-order chi connectivity index (χ1) is 18.1. The monoisotopic (exact) mass is 512 g/mol. The molecule has 2 N–H and O–H groups in total. The first-order valence-electron chi connectivity index (χ1n) is 12.6. The van der Waals surface area contributed by atoms with Crippen molar-refractivity contribution in [1.82, 2.24) is 14.3 Å². The smallest absolute Gasteiger partial charge is 0.236 e. The van der Waals surface area contributed by atoms with Crippen LogP contribution in [0.5, 0.6) is 0 Å². The van der Waals surface area contributed by atoms with E-state index in [0.29, 0.717) is 10.7 Å². The summed E-state index contributed by atoms with van der Waals surface area (Å²) in [5, 5.41) is 13.6. The Morgan fingerprint density at radius 2 is 1.95 bits per heavy atom. The lowest BCUT2D eigenvalue weighted by molar-refractivity contribution is -0.118. The van der Waals surface area contributed by atoms with Gasteiger partial charge in [0.25, 0.3) is 0 Å². The summed E-state index contributed by atoms with van der Waals surface area (Å²) in [6.45, 7) is 0.742. The van der Waals surface area contributed by atoms with Gasteiger partial charge >= 0.3 is 0 Å². The minimum absolute atomic E-state index is 0.0195. The molecule has 0 spiro atoms. The van der Waals surface area contributed by atoms with Crippen molar-refractivity contribution in [1.29, 1.82) is 0 Å². The van der Waals surface area contributed by atoms with Gasteiger partial charge in [0.2, 0.25) is 5.91 Å². The van der Waals surface area contributed by atoms with Crippen LogP contribution in [0, 0.1) is 0 Å². The Balaban J connectivity index is 1.18. The average molecular weight is 513 g/mol. The molecule has 37 heavy (non-hydrogen) atoms. The number of benzene rings is 2. The highest BCUT2D eigenvalue weighted by Crippen LogP contribution is 2.49. The molecule has 2 aromatic heterocycles. The summed E-state index contributed by atoms with van der Waals surface area (Å²) in [5.74, 6) is 0.460. The fourth-order valence-electron chi connectivity index (χ4n) is 5.13. The zero-order chi connectivity index (χ0) is 25.4. The number of anilines is 1. The van der Waals surface area contributed by atoms with Crippen molar-refractivity contribution in [2.24, 2.45) is 0 Å². The topological polar surface area (TPSA) is 101 Å². The van der Waals surface area contributed by atoms with Gasteiger partial charge in [-0.2, -0.15) is 0 Å². The lowest BCUT2D eigenvalue weighted by Crippen LogP contribution is -2.37. The van der Waals surface area contributed by atoms with E-state index in [2.05, 4.69) is 21.4 Å². The minimum Gasteiger partial charge on any atom is -0.593 e. The summed E-state index contributed by atoms with van der Waals surface area (Å²) in [6.07, 6.45) is 5.18. The van der Waals surface area contributed by atoms with Crippen LogP contribution >= 0.6 is 0 Å². The number of nitrogens with one attached hydrogen (secondary N) is 1. The number of carbonyl (C=O) groups is 1. The normalized spacial score (nSPS) is 19.6. The van der Waals surface area contributed by atoms with Crippen LogP contribution in [0.25, 0.3) is 22.2 Å². The molecule has 0 bridgehead atoms. The van der Waals surface area contributed by atoms with Gasteiger partial charge in [0.1, 0.15) is 5.82 Å². The number of aliphatic hydroxyl groups is 1. The molecule has 3 heterocycles. The van der Waals surface area contributed by atoms with Gasteiger partial charge in [0.15, 0.2) is 4.90 Å². The summed E-state index contributed by atoms with van der Waals surface area (Å²) in [5.41, 5.74) is 2.99. The second-order valence-electron chi connectivity index (χ2n) is 9.75. The number of nitrogens with zero attached hydrogens (tertiary/aromatic N) is 3. The molecule has 6 rings (SSSR count). The molecule has 2 aromatic carbocycles. The van der Waals surface area contributed by atoms with Gasteiger partial charge < -0.3 is 15.0 Å². The van der Waals surface area contributed by atoms with Crippen molar-refractivity contribution in [3.05, 3.63) is 84.6 Å². The molecule has 7 nitrogen and oxygen atoms in total. The molecule has 188 valence electrons. The van der Waals surface area contributed by atoms with Crippen LogP contribution in [0.4, 0.5) is 5.82 Å². The van der Waals surface area contributed by atoms with Crippen molar-refractivity contribution < 1.29 is 14.5 Å². The number of fused-ring (bicyclic) bond motifs is 1. The van der Waals surface area contributed by atoms with Gasteiger partial charge in [0.05, 0.1) is 40.6 Å². The molecule has 0 radical (unpaired) electrons. The maximum absolute atomic E-state index is 13.4. The molecule has 1 aliphatic carbocycles. The van der Waals surface area contributed by atoms with Crippen molar-refractivity contribution >= 4 is 34.0 Å². The first-order valence-corrected chi connectivity index (χ1v) is 13.7. The van der Waals surface area contributed by atoms with Gasteiger partial charge in [-0.1, -0.05) is 18.2 Å². The molecule has 8 heteroatoms. The third-order valence-electron chi connectivity index (χ3n) is 7.43. The van der Waals surface area contributed by atoms with E-state index in [4.69, 9.17) is 0 Å². The summed E-state index contributed by atoms with van der Waals surface area (Å²) < 4.78 is 14.9. The molecule has 2 atom stereocenters. The zero-order valence-electron chi connectivity index (χ0n) is 20.3. The van der Waals surface area contributed by atoms with Crippen LogP contribution in [0.3, 0.4) is 0 Å². The van der Waals surface area contributed by atoms with Gasteiger partial charge in [-0.05, 0) is 85.8 Å². The third kappa shape index (κ3) is 4.62. The predicted molar refractivity (Wildman–Crippen MR) is 144 cm³/mol. The third-order valence-corrected chi connectivity index (χ3v) is 9.01. The number of pyridine rings is 2. The molecule has 1 amide bonds. The van der Waals surface area contributed by atoms with Gasteiger partial charge in [-0.25, -0.2) is 4.98 Å². The van der Waals surface area contributed by atoms with Gasteiger partial charge in [0, 0.05) is 23.7 Å². The molecule has 1 unspecified atom stereocenters. The summed E-state index contributed by atoms with van der Waals surface area (Å²) in [7, 11) is 0. The summed E-state index contributed by atoms with van der Waals surface area (Å²) in [4.78, 5) is 23.1. The van der Waals surface area contributed by atoms with Crippen LogP contribution in [0.15, 0.2) is 83.9 Å². The quantitative estimate of drug-likeness (QED) is 0.355. The highest BCUT2D eigenvalue weighted by atomic mass is 32.2. The maximum Gasteiger partial charge on any atom is 0.236 e. The lowest BCUT2D eigenvalue weighted by atomic mass is 9.93. The number of carbonyl (C=O) groups excluding carboxylic acids is 1. The van der Waals surface area contributed by atoms with E-state index in [1.54, 1.807) is 12.3 Å². The molecular weight excluding hydrogens is 484 g/mol. The van der Waals surface area contributed by atoms with E-state index in [9.17, 15) is 14.5 Å². The number of aliphatic hydroxyl groups excluding tert-OH is 1. The van der Waals surface area contributed by atoms with E-state index in [1.807, 2.05) is 65.0 Å². The Bertz CT molecular complexity index is 1440. The highest BCUT2D eigenvalue weighted by molar-refractivity contribution is 7.89. The molecule has 2 aliphatic rings. The van der Waals surface area contributed by atoms with Gasteiger partial charge in [-0.3, -0.25) is 9.78 Å². The first kappa shape index (κ1) is 24.1. The minimum atomic E-state index is -1.30. The highest BCUT2D eigenvalue weighted by Gasteiger charge is 2.51. The number of rotatable bonds is 7. The second kappa shape index (κ2) is 9.87. The van der Waals surface area contributed by atoms with Crippen molar-refractivity contribution in [3.63, 3.8) is 0 Å². The summed E-state index contributed by atoms with van der Waals surface area (Å²) >= 11 is -1.30. The van der Waals surface area contributed by atoms with E-state index in [-0.39, 0.29) is 18.6 Å². The van der Waals surface area contributed by atoms with Crippen LogP contribution in [0.1, 0.15) is 31.2 Å². The second-order valence-corrected chi connectivity index (χ2v) is 11.2. The van der Waals surface area contributed by atoms with Crippen molar-refractivity contribution in [3.8, 4) is 11.3 Å². The Hall–Kier alpha value is -3.30. The van der Waals surface area contributed by atoms with E-state index >= 15 is 0 Å². The SMILES string of the molecule is O=C(Nc1cccc(-c2ccc([S+]([O-])N3CCC[C@@H]3CO)cc2)n1)C1(c2ccc3ncccc3c2)CC1. The number of amides is 1. The lowest BCUT2D eigenvalue weighted by Gasteiger charge is -2.24. The van der Waals surface area contributed by atoms with Crippen LogP contribution in [-0.4, -0.2) is 49.0 Å². The Morgan fingerprint density at radius 1 is 1.11 bits per heavy atom. The Kier molecular flexibility index (Phi) is 6.42. The van der Waals surface area contributed by atoms with Crippen molar-refractivity contribution in [2.45, 2.75) is 42.0 Å². The average Bonchev–Trinajstić information content (AvgIpc) is 3.63. The molecular formula is C29H28N4O3S. The standard InChI is InChI=1S/C29H28N4O3S/c34-19-23-5-3-17-33(23)37(36)24-11-8-20(9-12-24)26-6-1-7-27(31-26)32-28(35)29(14-15-29)22-10-13-25-21(18-22)4-2-16-30-25/h1-2,4,6-13,16,18,23,34H,3,5,14-15,17,19H2,(H,31,32,35)/t23-,37?/m1/s1. The summed E-state index contributed by atoms with van der Waals surface area (Å²) in [6, 6.07) is 23.0. The van der Waals surface area contributed by atoms with Crippen molar-refractivity contribution in [2.75, 3.05) is 18.5 Å². The fraction of sp³-hybridized carbons (Fsp3) is 0.276. The van der Waals surface area contributed by atoms with Crippen LogP contribution < -0.4 is 5.32 Å². The largest absolute Gasteiger partial charge is 0.593 e. The molecule has 1 saturated heterocycles. The number of aromatic nitrogens is 2. The Labute approximate surface area is 218 Å². The van der Waals surface area contributed by atoms with Crippen LogP contribution in [-0.2, 0) is 21.6 Å². The number of hydrogen-bond acceptors (Lipinski definition) is 6. The van der Waals surface area contributed by atoms with E-state index in [1.165, 1.54) is 0 Å². The fourth-order valence-corrected chi connectivity index (χ4v) is 6.51. The molecule has 4 aromatic rings. The molecule has 1 aliphatic heterocycles. The zero-order valence-corrected chi connectivity index (χ0v) is 21.2. The molecule has 2 fully saturated rings. The molecule has 1 saturated carbocycles. The van der Waals surface area contributed by atoms with E-state index in [0.717, 1.165) is 60.0 Å². The maximum atomic E-state index is 13.4.